The number of hydrogen-bond acceptors (Lipinski definition) is 6. The maximum atomic E-state index is 13.2. The highest BCUT2D eigenvalue weighted by Gasteiger charge is 2.18. The molecule has 0 fully saturated rings. The van der Waals surface area contributed by atoms with E-state index in [2.05, 4.69) is 31.4 Å². The van der Waals surface area contributed by atoms with Crippen LogP contribution in [0.25, 0.3) is 0 Å². The molecule has 10 heteroatoms. The highest BCUT2D eigenvalue weighted by atomic mass is 79.9. The largest absolute Gasteiger partial charge is 0.497 e. The molecular weight excluding hydrogens is 475 g/mol. The highest BCUT2D eigenvalue weighted by Crippen LogP contribution is 2.27. The number of nitrogens with zero attached hydrogens (tertiary/aromatic N) is 3. The lowest BCUT2D eigenvalue weighted by Crippen LogP contribution is -2.15. The van der Waals surface area contributed by atoms with Crippen LogP contribution in [0.3, 0.4) is 0 Å². The summed E-state index contributed by atoms with van der Waals surface area (Å²) in [5.74, 6) is 1.49. The van der Waals surface area contributed by atoms with Crippen molar-refractivity contribution in [2.24, 2.45) is 7.05 Å². The lowest BCUT2D eigenvalue weighted by molar-refractivity contribution is -0.113. The SMILES string of the molecule is COc1cccc(OC(C)c2nnc(SCC(=O)Nc3ccc(F)cc3Br)n2C)c1. The summed E-state index contributed by atoms with van der Waals surface area (Å²) in [7, 11) is 3.41. The summed E-state index contributed by atoms with van der Waals surface area (Å²) in [6.07, 6.45) is -0.354. The van der Waals surface area contributed by atoms with Crippen LogP contribution in [0.4, 0.5) is 10.1 Å². The number of thioether (sulfide) groups is 1. The third-order valence-electron chi connectivity index (χ3n) is 4.12. The van der Waals surface area contributed by atoms with Gasteiger partial charge in [0.15, 0.2) is 17.1 Å². The van der Waals surface area contributed by atoms with E-state index in [9.17, 15) is 9.18 Å². The molecule has 0 aliphatic heterocycles. The fourth-order valence-electron chi connectivity index (χ4n) is 2.64. The van der Waals surface area contributed by atoms with Crippen LogP contribution in [0.2, 0.25) is 0 Å². The number of amides is 1. The molecule has 158 valence electrons. The van der Waals surface area contributed by atoms with Gasteiger partial charge in [0, 0.05) is 17.6 Å². The van der Waals surface area contributed by atoms with Gasteiger partial charge in [-0.3, -0.25) is 4.79 Å². The van der Waals surface area contributed by atoms with Gasteiger partial charge in [0.25, 0.3) is 0 Å². The standard InChI is InChI=1S/C20H20BrFN4O3S/c1-12(29-15-6-4-5-14(10-15)28-3)19-24-25-20(26(19)2)30-11-18(27)23-17-8-7-13(22)9-16(17)21/h4-10,12H,11H2,1-3H3,(H,23,27). The lowest BCUT2D eigenvalue weighted by Gasteiger charge is -2.14. The van der Waals surface area contributed by atoms with Gasteiger partial charge in [-0.25, -0.2) is 4.39 Å². The number of hydrogen-bond donors (Lipinski definition) is 1. The number of nitrogens with one attached hydrogen (secondary N) is 1. The minimum Gasteiger partial charge on any atom is -0.497 e. The zero-order chi connectivity index (χ0) is 21.7. The van der Waals surface area contributed by atoms with Crippen LogP contribution in [0, 0.1) is 5.82 Å². The van der Waals surface area contributed by atoms with Crippen molar-refractivity contribution in [2.75, 3.05) is 18.2 Å². The van der Waals surface area contributed by atoms with E-state index in [-0.39, 0.29) is 23.6 Å². The summed E-state index contributed by atoms with van der Waals surface area (Å²) in [6.45, 7) is 1.87. The molecule has 30 heavy (non-hydrogen) atoms. The molecule has 0 bridgehead atoms. The fraction of sp³-hybridized carbons (Fsp3) is 0.250. The fourth-order valence-corrected chi connectivity index (χ4v) is 3.81. The number of rotatable bonds is 8. The van der Waals surface area contributed by atoms with Crippen LogP contribution in [0.15, 0.2) is 52.1 Å². The summed E-state index contributed by atoms with van der Waals surface area (Å²) >= 11 is 4.48. The van der Waals surface area contributed by atoms with Crippen LogP contribution in [0.5, 0.6) is 11.5 Å². The Morgan fingerprint density at radius 3 is 2.77 bits per heavy atom. The van der Waals surface area contributed by atoms with Gasteiger partial charge in [-0.2, -0.15) is 0 Å². The average Bonchev–Trinajstić information content (AvgIpc) is 3.09. The van der Waals surface area contributed by atoms with E-state index in [1.165, 1.54) is 30.0 Å². The van der Waals surface area contributed by atoms with Gasteiger partial charge in [-0.1, -0.05) is 17.8 Å². The van der Waals surface area contributed by atoms with Gasteiger partial charge >= 0.3 is 0 Å². The van der Waals surface area contributed by atoms with Crippen molar-refractivity contribution < 1.29 is 18.7 Å². The topological polar surface area (TPSA) is 78.3 Å². The smallest absolute Gasteiger partial charge is 0.234 e. The minimum absolute atomic E-state index is 0.126. The van der Waals surface area contributed by atoms with E-state index in [1.54, 1.807) is 17.7 Å². The van der Waals surface area contributed by atoms with Gasteiger partial charge in [0.1, 0.15) is 17.3 Å². The van der Waals surface area contributed by atoms with Crippen molar-refractivity contribution in [2.45, 2.75) is 18.2 Å². The Kier molecular flexibility index (Phi) is 7.33. The van der Waals surface area contributed by atoms with Crippen molar-refractivity contribution in [3.05, 3.63) is 58.6 Å². The second-order valence-electron chi connectivity index (χ2n) is 6.30. The van der Waals surface area contributed by atoms with Crippen LogP contribution in [0.1, 0.15) is 18.9 Å². The molecule has 3 aromatic rings. The number of halogens is 2. The van der Waals surface area contributed by atoms with Crippen LogP contribution in [-0.4, -0.2) is 33.5 Å². The molecule has 0 aliphatic carbocycles. The molecule has 1 heterocycles. The van der Waals surface area contributed by atoms with Gasteiger partial charge in [0.2, 0.25) is 5.91 Å². The maximum absolute atomic E-state index is 13.2. The van der Waals surface area contributed by atoms with Gasteiger partial charge in [-0.05, 0) is 53.2 Å². The van der Waals surface area contributed by atoms with E-state index in [4.69, 9.17) is 9.47 Å². The van der Waals surface area contributed by atoms with Gasteiger partial charge < -0.3 is 19.4 Å². The number of benzene rings is 2. The molecule has 1 amide bonds. The first-order valence-electron chi connectivity index (χ1n) is 8.95. The number of anilines is 1. The molecular formula is C20H20BrFN4O3S. The first-order valence-corrected chi connectivity index (χ1v) is 10.7. The van der Waals surface area contributed by atoms with E-state index >= 15 is 0 Å². The predicted molar refractivity (Wildman–Crippen MR) is 116 cm³/mol. The van der Waals surface area contributed by atoms with Crippen molar-refractivity contribution in [3.63, 3.8) is 0 Å². The first-order chi connectivity index (χ1) is 14.4. The second kappa shape index (κ2) is 9.94. The molecule has 1 unspecified atom stereocenters. The highest BCUT2D eigenvalue weighted by molar-refractivity contribution is 9.10. The molecule has 1 atom stereocenters. The Labute approximate surface area is 186 Å². The Morgan fingerprint density at radius 1 is 1.27 bits per heavy atom. The number of aromatic nitrogens is 3. The third kappa shape index (κ3) is 5.51. The summed E-state index contributed by atoms with van der Waals surface area (Å²) in [5, 5.41) is 11.7. The van der Waals surface area contributed by atoms with Gasteiger partial charge in [-0.15, -0.1) is 10.2 Å². The van der Waals surface area contributed by atoms with Crippen LogP contribution < -0.4 is 14.8 Å². The first kappa shape index (κ1) is 22.1. The lowest BCUT2D eigenvalue weighted by atomic mass is 10.3. The molecule has 0 saturated carbocycles. The van der Waals surface area contributed by atoms with Crippen molar-refractivity contribution in [1.29, 1.82) is 0 Å². The summed E-state index contributed by atoms with van der Waals surface area (Å²) < 4.78 is 26.6. The Balaban J connectivity index is 1.59. The molecule has 0 spiro atoms. The monoisotopic (exact) mass is 494 g/mol. The van der Waals surface area contributed by atoms with Crippen LogP contribution in [-0.2, 0) is 11.8 Å². The van der Waals surface area contributed by atoms with E-state index in [0.29, 0.717) is 32.6 Å². The third-order valence-corrected chi connectivity index (χ3v) is 5.80. The number of carbonyl (C=O) groups is 1. The van der Waals surface area contributed by atoms with Gasteiger partial charge in [0.05, 0.1) is 18.6 Å². The molecule has 0 saturated heterocycles. The molecule has 3 rings (SSSR count). The Bertz CT molecular complexity index is 1050. The van der Waals surface area contributed by atoms with E-state index in [0.717, 1.165) is 0 Å². The van der Waals surface area contributed by atoms with E-state index in [1.807, 2.05) is 32.2 Å². The normalized spacial score (nSPS) is 11.8. The maximum Gasteiger partial charge on any atom is 0.234 e. The second-order valence-corrected chi connectivity index (χ2v) is 8.10. The molecule has 2 aromatic carbocycles. The Hall–Kier alpha value is -2.59. The predicted octanol–water partition coefficient (Wildman–Crippen LogP) is 4.60. The molecule has 1 aromatic heterocycles. The van der Waals surface area contributed by atoms with Crippen molar-refractivity contribution in [1.82, 2.24) is 14.8 Å². The summed E-state index contributed by atoms with van der Waals surface area (Å²) in [4.78, 5) is 12.2. The molecule has 1 N–H and O–H groups in total. The quantitative estimate of drug-likeness (QED) is 0.461. The van der Waals surface area contributed by atoms with Crippen LogP contribution >= 0.6 is 27.7 Å². The molecule has 0 aliphatic rings. The van der Waals surface area contributed by atoms with Crippen molar-refractivity contribution in [3.8, 4) is 11.5 Å². The summed E-state index contributed by atoms with van der Waals surface area (Å²) in [5.41, 5.74) is 0.501. The number of carbonyl (C=O) groups excluding carboxylic acids is 1. The molecule has 7 nitrogen and oxygen atoms in total. The average molecular weight is 495 g/mol. The zero-order valence-electron chi connectivity index (χ0n) is 16.6. The Morgan fingerprint density at radius 2 is 2.03 bits per heavy atom. The summed E-state index contributed by atoms with van der Waals surface area (Å²) in [6, 6.07) is 11.4. The molecule has 0 radical (unpaired) electrons. The number of ether oxygens (including phenoxy) is 2. The van der Waals surface area contributed by atoms with E-state index < -0.39 is 0 Å². The minimum atomic E-state index is -0.383. The zero-order valence-corrected chi connectivity index (χ0v) is 19.0. The number of methoxy groups -OCH3 is 1. The van der Waals surface area contributed by atoms with Crippen molar-refractivity contribution >= 4 is 39.3 Å².